The van der Waals surface area contributed by atoms with Crippen LogP contribution >= 0.6 is 0 Å². The molecule has 0 aromatic heterocycles. The van der Waals surface area contributed by atoms with Crippen molar-refractivity contribution in [1.29, 1.82) is 0 Å². The highest BCUT2D eigenvalue weighted by Crippen LogP contribution is 2.23. The van der Waals surface area contributed by atoms with Gasteiger partial charge in [0.1, 0.15) is 16.7 Å². The predicted octanol–water partition coefficient (Wildman–Crippen LogP) is 3.09. The van der Waals surface area contributed by atoms with Gasteiger partial charge < -0.3 is 10.1 Å². The number of carbonyl (C=O) groups is 1. The van der Waals surface area contributed by atoms with Crippen LogP contribution in [0.5, 0.6) is 11.5 Å². The van der Waals surface area contributed by atoms with E-state index in [9.17, 15) is 13.2 Å². The Morgan fingerprint density at radius 2 is 1.50 bits per heavy atom. The molecule has 0 saturated heterocycles. The maximum absolute atomic E-state index is 12.0. The first kappa shape index (κ1) is 18.0. The quantitative estimate of drug-likeness (QED) is 0.871. The number of rotatable bonds is 6. The number of ether oxygens (including phenoxy) is 1. The summed E-state index contributed by atoms with van der Waals surface area (Å²) < 4.78 is 28.6. The molecule has 0 unspecified atom stereocenters. The molecular weight excluding hydrogens is 326 g/mol. The van der Waals surface area contributed by atoms with Gasteiger partial charge in [0.2, 0.25) is 5.91 Å². The van der Waals surface area contributed by atoms with Gasteiger partial charge in [0.25, 0.3) is 0 Å². The zero-order chi connectivity index (χ0) is 17.7. The Morgan fingerprint density at radius 1 is 0.958 bits per heavy atom. The lowest BCUT2D eigenvalue weighted by Crippen LogP contribution is -2.38. The molecule has 0 aliphatic heterocycles. The van der Waals surface area contributed by atoms with Crippen LogP contribution < -0.4 is 10.1 Å². The molecular formula is C18H21NO4S. The predicted molar refractivity (Wildman–Crippen MR) is 93.8 cm³/mol. The molecule has 0 fully saturated rings. The van der Waals surface area contributed by atoms with Crippen LogP contribution in [0.4, 0.5) is 0 Å². The summed E-state index contributed by atoms with van der Waals surface area (Å²) in [6.07, 6.45) is 1.05. The molecule has 0 saturated carbocycles. The number of para-hydroxylation sites is 1. The maximum atomic E-state index is 12.0. The van der Waals surface area contributed by atoms with E-state index in [0.29, 0.717) is 5.75 Å². The van der Waals surface area contributed by atoms with Gasteiger partial charge in [-0.3, -0.25) is 4.79 Å². The van der Waals surface area contributed by atoms with Gasteiger partial charge in [-0.2, -0.15) is 0 Å². The minimum Gasteiger partial charge on any atom is -0.457 e. The molecule has 0 aliphatic carbocycles. The molecule has 1 N–H and O–H groups in total. The number of hydrogen-bond acceptors (Lipinski definition) is 4. The van der Waals surface area contributed by atoms with Crippen LogP contribution in [-0.4, -0.2) is 25.8 Å². The van der Waals surface area contributed by atoms with E-state index in [0.717, 1.165) is 17.6 Å². The molecule has 0 spiro atoms. The molecule has 2 atom stereocenters. The van der Waals surface area contributed by atoms with Gasteiger partial charge in [-0.1, -0.05) is 30.3 Å². The second-order valence-corrected chi connectivity index (χ2v) is 8.05. The van der Waals surface area contributed by atoms with Crippen molar-refractivity contribution in [1.82, 2.24) is 5.32 Å². The van der Waals surface area contributed by atoms with E-state index >= 15 is 0 Å². The standard InChI is InChI=1S/C18H21NO4S/c1-13(19-18(20)14(2)24(3,21)22)15-9-11-17(12-10-15)23-16-7-5-4-6-8-16/h4-14H,1-3H3,(H,19,20)/t13-,14+/m0/s1. The van der Waals surface area contributed by atoms with Gasteiger partial charge in [0.05, 0.1) is 6.04 Å². The van der Waals surface area contributed by atoms with Crippen molar-refractivity contribution in [2.75, 3.05) is 6.26 Å². The highest BCUT2D eigenvalue weighted by Gasteiger charge is 2.24. The highest BCUT2D eigenvalue weighted by molar-refractivity contribution is 7.92. The summed E-state index contributed by atoms with van der Waals surface area (Å²) in [5, 5.41) is 1.64. The lowest BCUT2D eigenvalue weighted by Gasteiger charge is -2.17. The average Bonchev–Trinajstić information content (AvgIpc) is 2.54. The number of benzene rings is 2. The Labute approximate surface area is 142 Å². The van der Waals surface area contributed by atoms with Crippen LogP contribution in [0.2, 0.25) is 0 Å². The third-order valence-electron chi connectivity index (χ3n) is 3.73. The Kier molecular flexibility index (Phi) is 5.62. The monoisotopic (exact) mass is 347 g/mol. The van der Waals surface area contributed by atoms with E-state index in [-0.39, 0.29) is 6.04 Å². The third-order valence-corrected chi connectivity index (χ3v) is 5.23. The van der Waals surface area contributed by atoms with Crippen molar-refractivity contribution < 1.29 is 17.9 Å². The maximum Gasteiger partial charge on any atom is 0.238 e. The van der Waals surface area contributed by atoms with E-state index in [2.05, 4.69) is 5.32 Å². The van der Waals surface area contributed by atoms with Crippen LogP contribution in [0, 0.1) is 0 Å². The Bertz CT molecular complexity index is 786. The molecule has 128 valence electrons. The first-order valence-corrected chi connectivity index (χ1v) is 9.55. The van der Waals surface area contributed by atoms with Gasteiger partial charge in [0.15, 0.2) is 9.84 Å². The lowest BCUT2D eigenvalue weighted by atomic mass is 10.1. The summed E-state index contributed by atoms with van der Waals surface area (Å²) in [6.45, 7) is 3.19. The van der Waals surface area contributed by atoms with Gasteiger partial charge in [-0.05, 0) is 43.7 Å². The fourth-order valence-corrected chi connectivity index (χ4v) is 2.51. The Morgan fingerprint density at radius 3 is 2.04 bits per heavy atom. The minimum atomic E-state index is -3.40. The zero-order valence-corrected chi connectivity index (χ0v) is 14.7. The van der Waals surface area contributed by atoms with Gasteiger partial charge in [0, 0.05) is 6.26 Å². The molecule has 5 nitrogen and oxygen atoms in total. The first-order chi connectivity index (χ1) is 11.3. The van der Waals surface area contributed by atoms with Crippen LogP contribution in [0.25, 0.3) is 0 Å². The molecule has 0 radical (unpaired) electrons. The van der Waals surface area contributed by atoms with E-state index in [1.54, 1.807) is 6.92 Å². The van der Waals surface area contributed by atoms with E-state index in [1.165, 1.54) is 6.92 Å². The largest absolute Gasteiger partial charge is 0.457 e. The molecule has 1 amide bonds. The molecule has 0 heterocycles. The molecule has 2 aromatic rings. The van der Waals surface area contributed by atoms with E-state index in [1.807, 2.05) is 54.6 Å². The second kappa shape index (κ2) is 7.49. The smallest absolute Gasteiger partial charge is 0.238 e. The minimum absolute atomic E-state index is 0.299. The summed E-state index contributed by atoms with van der Waals surface area (Å²) >= 11 is 0. The summed E-state index contributed by atoms with van der Waals surface area (Å²) in [4.78, 5) is 12.0. The van der Waals surface area contributed by atoms with Crippen LogP contribution in [0.3, 0.4) is 0 Å². The SMILES string of the molecule is C[C@H](NC(=O)[C@@H](C)S(C)(=O)=O)c1ccc(Oc2ccccc2)cc1. The van der Waals surface area contributed by atoms with Gasteiger partial charge in [-0.15, -0.1) is 0 Å². The van der Waals surface area contributed by atoms with Crippen molar-refractivity contribution >= 4 is 15.7 Å². The molecule has 2 rings (SSSR count). The fraction of sp³-hybridized carbons (Fsp3) is 0.278. The van der Waals surface area contributed by atoms with E-state index < -0.39 is 21.0 Å². The Hall–Kier alpha value is -2.34. The van der Waals surface area contributed by atoms with Crippen LogP contribution in [0.15, 0.2) is 54.6 Å². The summed E-state index contributed by atoms with van der Waals surface area (Å²) in [5.74, 6) is 0.927. The number of carbonyl (C=O) groups excluding carboxylic acids is 1. The lowest BCUT2D eigenvalue weighted by molar-refractivity contribution is -0.121. The topological polar surface area (TPSA) is 72.5 Å². The van der Waals surface area contributed by atoms with Gasteiger partial charge >= 0.3 is 0 Å². The molecule has 2 aromatic carbocycles. The normalized spacial score (nSPS) is 13.8. The second-order valence-electron chi connectivity index (χ2n) is 5.69. The number of hydrogen-bond donors (Lipinski definition) is 1. The first-order valence-electron chi connectivity index (χ1n) is 7.59. The highest BCUT2D eigenvalue weighted by atomic mass is 32.2. The molecule has 6 heteroatoms. The third kappa shape index (κ3) is 4.83. The summed E-state index contributed by atoms with van der Waals surface area (Å²) in [7, 11) is -3.40. The molecule has 0 bridgehead atoms. The zero-order valence-electron chi connectivity index (χ0n) is 13.9. The molecule has 24 heavy (non-hydrogen) atoms. The van der Waals surface area contributed by atoms with E-state index in [4.69, 9.17) is 4.74 Å². The van der Waals surface area contributed by atoms with Crippen LogP contribution in [-0.2, 0) is 14.6 Å². The summed E-state index contributed by atoms with van der Waals surface area (Å²) in [5.41, 5.74) is 0.865. The Balaban J connectivity index is 2.01. The van der Waals surface area contributed by atoms with Crippen molar-refractivity contribution in [2.24, 2.45) is 0 Å². The van der Waals surface area contributed by atoms with Crippen molar-refractivity contribution in [3.63, 3.8) is 0 Å². The number of nitrogens with one attached hydrogen (secondary N) is 1. The van der Waals surface area contributed by atoms with Gasteiger partial charge in [-0.25, -0.2) is 8.42 Å². The van der Waals surface area contributed by atoms with Crippen molar-refractivity contribution in [2.45, 2.75) is 25.1 Å². The summed E-state index contributed by atoms with van der Waals surface area (Å²) in [6, 6.07) is 16.4. The number of amides is 1. The average molecular weight is 347 g/mol. The van der Waals surface area contributed by atoms with Crippen LogP contribution in [0.1, 0.15) is 25.5 Å². The fourth-order valence-electron chi connectivity index (χ4n) is 2.06. The van der Waals surface area contributed by atoms with Crippen molar-refractivity contribution in [3.8, 4) is 11.5 Å². The number of sulfone groups is 1. The van der Waals surface area contributed by atoms with Crippen molar-refractivity contribution in [3.05, 3.63) is 60.2 Å². The molecule has 0 aliphatic rings.